The van der Waals surface area contributed by atoms with Crippen LogP contribution in [0.4, 0.5) is 0 Å². The summed E-state index contributed by atoms with van der Waals surface area (Å²) in [5.74, 6) is 0. The van der Waals surface area contributed by atoms with Crippen LogP contribution in [0.3, 0.4) is 0 Å². The molecule has 0 radical (unpaired) electrons. The Balaban J connectivity index is 2.55. The minimum atomic E-state index is 0.191. The van der Waals surface area contributed by atoms with Crippen LogP contribution < -0.4 is 0 Å². The van der Waals surface area contributed by atoms with Gasteiger partial charge in [0.1, 0.15) is 0 Å². The van der Waals surface area contributed by atoms with Crippen LogP contribution in [-0.4, -0.2) is 61.3 Å². The lowest BCUT2D eigenvalue weighted by atomic mass is 9.86. The maximum atomic E-state index is 9.69. The number of hydrogen-bond acceptors (Lipinski definition) is 3. The van der Waals surface area contributed by atoms with Crippen molar-refractivity contribution in [2.75, 3.05) is 40.3 Å². The van der Waals surface area contributed by atoms with Crippen LogP contribution in [0, 0.1) is 5.41 Å². The highest BCUT2D eigenvalue weighted by Gasteiger charge is 2.35. The highest BCUT2D eigenvalue weighted by Crippen LogP contribution is 2.38. The third-order valence-electron chi connectivity index (χ3n) is 4.20. The molecule has 0 saturated heterocycles. The number of aliphatic hydroxyl groups excluding tert-OH is 1. The number of nitrogens with zero attached hydrogens (tertiary/aromatic N) is 2. The Bertz CT molecular complexity index is 212. The molecule has 1 fully saturated rings. The Kier molecular flexibility index (Phi) is 5.90. The van der Waals surface area contributed by atoms with Gasteiger partial charge in [-0.1, -0.05) is 19.8 Å². The highest BCUT2D eigenvalue weighted by molar-refractivity contribution is 4.88. The van der Waals surface area contributed by atoms with Crippen molar-refractivity contribution in [1.29, 1.82) is 0 Å². The lowest BCUT2D eigenvalue weighted by Crippen LogP contribution is -2.46. The molecular weight excluding hydrogens is 212 g/mol. The molecule has 1 atom stereocenters. The fourth-order valence-corrected chi connectivity index (χ4v) is 3.15. The Hall–Kier alpha value is -0.120. The summed E-state index contributed by atoms with van der Waals surface area (Å²) in [6.45, 7) is 8.12. The third-order valence-corrected chi connectivity index (χ3v) is 4.20. The molecule has 1 aliphatic rings. The molecule has 0 aromatic rings. The van der Waals surface area contributed by atoms with E-state index in [-0.39, 0.29) is 5.41 Å². The second kappa shape index (κ2) is 6.72. The standard InChI is InChI=1S/C14H30N2O/c1-5-16(13(2)10-15(3)4)11-14(12-17)8-6-7-9-14/h13,17H,5-12H2,1-4H3. The van der Waals surface area contributed by atoms with E-state index in [4.69, 9.17) is 0 Å². The molecule has 1 aliphatic carbocycles. The zero-order valence-corrected chi connectivity index (χ0v) is 12.1. The van der Waals surface area contributed by atoms with Crippen LogP contribution in [0.25, 0.3) is 0 Å². The van der Waals surface area contributed by atoms with Crippen LogP contribution in [0.15, 0.2) is 0 Å². The Morgan fingerprint density at radius 1 is 1.24 bits per heavy atom. The minimum Gasteiger partial charge on any atom is -0.396 e. The molecule has 0 aromatic heterocycles. The van der Waals surface area contributed by atoms with Gasteiger partial charge in [0, 0.05) is 31.2 Å². The van der Waals surface area contributed by atoms with Crippen molar-refractivity contribution in [2.45, 2.75) is 45.6 Å². The SMILES string of the molecule is CCN(CC1(CO)CCCC1)C(C)CN(C)C. The fraction of sp³-hybridized carbons (Fsp3) is 1.00. The molecule has 17 heavy (non-hydrogen) atoms. The van der Waals surface area contributed by atoms with Gasteiger partial charge >= 0.3 is 0 Å². The normalized spacial score (nSPS) is 21.4. The first kappa shape index (κ1) is 14.9. The molecule has 0 aromatic carbocycles. The summed E-state index contributed by atoms with van der Waals surface area (Å²) in [7, 11) is 4.25. The van der Waals surface area contributed by atoms with E-state index in [0.29, 0.717) is 12.6 Å². The largest absolute Gasteiger partial charge is 0.396 e. The predicted octanol–water partition coefficient (Wildman–Crippen LogP) is 1.81. The second-order valence-corrected chi connectivity index (χ2v) is 6.04. The quantitative estimate of drug-likeness (QED) is 0.737. The summed E-state index contributed by atoms with van der Waals surface area (Å²) < 4.78 is 0. The summed E-state index contributed by atoms with van der Waals surface area (Å²) >= 11 is 0. The van der Waals surface area contributed by atoms with Gasteiger partial charge in [0.15, 0.2) is 0 Å². The summed E-state index contributed by atoms with van der Waals surface area (Å²) in [4.78, 5) is 4.77. The van der Waals surface area contributed by atoms with Gasteiger partial charge < -0.3 is 10.0 Å². The first-order chi connectivity index (χ1) is 8.03. The Labute approximate surface area is 107 Å². The smallest absolute Gasteiger partial charge is 0.0499 e. The maximum Gasteiger partial charge on any atom is 0.0499 e. The van der Waals surface area contributed by atoms with Crippen LogP contribution in [-0.2, 0) is 0 Å². The number of aliphatic hydroxyl groups is 1. The molecule has 1 unspecified atom stereocenters. The van der Waals surface area contributed by atoms with E-state index in [2.05, 4.69) is 37.7 Å². The molecule has 1 saturated carbocycles. The number of rotatable bonds is 7. The van der Waals surface area contributed by atoms with Gasteiger partial charge in [0.25, 0.3) is 0 Å². The Morgan fingerprint density at radius 3 is 2.24 bits per heavy atom. The molecule has 0 aliphatic heterocycles. The van der Waals surface area contributed by atoms with Crippen LogP contribution in [0.1, 0.15) is 39.5 Å². The summed E-state index contributed by atoms with van der Waals surface area (Å²) in [6.07, 6.45) is 4.99. The van der Waals surface area contributed by atoms with Crippen molar-refractivity contribution in [2.24, 2.45) is 5.41 Å². The van der Waals surface area contributed by atoms with Gasteiger partial charge in [-0.05, 0) is 40.4 Å². The van der Waals surface area contributed by atoms with Crippen molar-refractivity contribution in [3.8, 4) is 0 Å². The topological polar surface area (TPSA) is 26.7 Å². The van der Waals surface area contributed by atoms with Crippen LogP contribution in [0.5, 0.6) is 0 Å². The number of hydrogen-bond donors (Lipinski definition) is 1. The maximum absolute atomic E-state index is 9.69. The zero-order chi connectivity index (χ0) is 12.9. The van der Waals surface area contributed by atoms with Gasteiger partial charge in [-0.15, -0.1) is 0 Å². The number of likely N-dealkylation sites (N-methyl/N-ethyl adjacent to an activating group) is 2. The average molecular weight is 242 g/mol. The van der Waals surface area contributed by atoms with Gasteiger partial charge in [0.05, 0.1) is 0 Å². The first-order valence-electron chi connectivity index (χ1n) is 7.02. The summed E-state index contributed by atoms with van der Waals surface area (Å²) in [5, 5.41) is 9.69. The van der Waals surface area contributed by atoms with Crippen LogP contribution in [0.2, 0.25) is 0 Å². The molecule has 3 heteroatoms. The van der Waals surface area contributed by atoms with Crippen molar-refractivity contribution in [3.63, 3.8) is 0 Å². The van der Waals surface area contributed by atoms with E-state index >= 15 is 0 Å². The van der Waals surface area contributed by atoms with E-state index in [9.17, 15) is 5.11 Å². The first-order valence-corrected chi connectivity index (χ1v) is 7.02. The Morgan fingerprint density at radius 2 is 1.82 bits per heavy atom. The minimum absolute atomic E-state index is 0.191. The van der Waals surface area contributed by atoms with E-state index < -0.39 is 0 Å². The van der Waals surface area contributed by atoms with E-state index in [1.807, 2.05) is 0 Å². The predicted molar refractivity (Wildman–Crippen MR) is 73.2 cm³/mol. The van der Waals surface area contributed by atoms with Gasteiger partial charge in [-0.25, -0.2) is 0 Å². The highest BCUT2D eigenvalue weighted by atomic mass is 16.3. The zero-order valence-electron chi connectivity index (χ0n) is 12.1. The van der Waals surface area contributed by atoms with Gasteiger partial charge in [0.2, 0.25) is 0 Å². The van der Waals surface area contributed by atoms with Crippen molar-refractivity contribution >= 4 is 0 Å². The van der Waals surface area contributed by atoms with Crippen LogP contribution >= 0.6 is 0 Å². The monoisotopic (exact) mass is 242 g/mol. The van der Waals surface area contributed by atoms with Crippen molar-refractivity contribution in [1.82, 2.24) is 9.80 Å². The molecule has 3 nitrogen and oxygen atoms in total. The molecule has 102 valence electrons. The van der Waals surface area contributed by atoms with E-state index in [0.717, 1.165) is 19.6 Å². The molecule has 0 spiro atoms. The third kappa shape index (κ3) is 4.23. The average Bonchev–Trinajstić information content (AvgIpc) is 2.74. The lowest BCUT2D eigenvalue weighted by Gasteiger charge is -2.37. The van der Waals surface area contributed by atoms with E-state index in [1.165, 1.54) is 25.7 Å². The summed E-state index contributed by atoms with van der Waals surface area (Å²) in [5.41, 5.74) is 0.191. The van der Waals surface area contributed by atoms with Crippen molar-refractivity contribution in [3.05, 3.63) is 0 Å². The molecule has 1 rings (SSSR count). The fourth-order valence-electron chi connectivity index (χ4n) is 3.15. The molecule has 0 heterocycles. The molecule has 0 bridgehead atoms. The van der Waals surface area contributed by atoms with Crippen molar-refractivity contribution < 1.29 is 5.11 Å². The molecular formula is C14H30N2O. The van der Waals surface area contributed by atoms with E-state index in [1.54, 1.807) is 0 Å². The molecule has 1 N–H and O–H groups in total. The van der Waals surface area contributed by atoms with Gasteiger partial charge in [-0.3, -0.25) is 4.90 Å². The van der Waals surface area contributed by atoms with Gasteiger partial charge in [-0.2, -0.15) is 0 Å². The lowest BCUT2D eigenvalue weighted by molar-refractivity contribution is 0.0578. The second-order valence-electron chi connectivity index (χ2n) is 6.04. The summed E-state index contributed by atoms with van der Waals surface area (Å²) in [6, 6.07) is 0.569. The molecule has 0 amide bonds.